The van der Waals surface area contributed by atoms with Crippen LogP contribution in [0.1, 0.15) is 27.7 Å². The zero-order valence-corrected chi connectivity index (χ0v) is 11.6. The van der Waals surface area contributed by atoms with Crippen molar-refractivity contribution in [2.24, 2.45) is 0 Å². The Morgan fingerprint density at radius 2 is 1.89 bits per heavy atom. The maximum Gasteiger partial charge on any atom is 0.303 e. The van der Waals surface area contributed by atoms with E-state index < -0.39 is 30.4 Å². The second kappa shape index (κ2) is 7.25. The molecule has 0 saturated carbocycles. The predicted octanol–water partition coefficient (Wildman–Crippen LogP) is 1.19. The number of hydrogen-bond acceptors (Lipinski definition) is 6. The Bertz CT molecular complexity index is 349. The van der Waals surface area contributed by atoms with E-state index in [1.54, 1.807) is 12.2 Å². The molecule has 1 aliphatic heterocycles. The summed E-state index contributed by atoms with van der Waals surface area (Å²) in [5.74, 6) is -0.838. The summed E-state index contributed by atoms with van der Waals surface area (Å²) in [6, 6.07) is 0. The van der Waals surface area contributed by atoms with Gasteiger partial charge in [-0.2, -0.15) is 0 Å². The molecule has 0 bridgehead atoms. The van der Waals surface area contributed by atoms with Crippen molar-refractivity contribution in [1.82, 2.24) is 0 Å². The van der Waals surface area contributed by atoms with Crippen molar-refractivity contribution in [3.63, 3.8) is 0 Å². The first kappa shape index (κ1) is 15.7. The Hall–Kier alpha value is -1.40. The van der Waals surface area contributed by atoms with Crippen LogP contribution in [0.5, 0.6) is 0 Å². The van der Waals surface area contributed by atoms with Gasteiger partial charge in [0.05, 0.1) is 6.10 Å². The van der Waals surface area contributed by atoms with Crippen molar-refractivity contribution >= 4 is 11.9 Å². The smallest absolute Gasteiger partial charge is 0.303 e. The molecule has 0 saturated heterocycles. The van der Waals surface area contributed by atoms with Crippen molar-refractivity contribution in [2.75, 3.05) is 6.61 Å². The van der Waals surface area contributed by atoms with Crippen LogP contribution in [0.25, 0.3) is 0 Å². The van der Waals surface area contributed by atoms with Gasteiger partial charge < -0.3 is 18.9 Å². The first-order chi connectivity index (χ1) is 8.88. The van der Waals surface area contributed by atoms with Gasteiger partial charge in [-0.05, 0) is 26.0 Å². The van der Waals surface area contributed by atoms with E-state index in [2.05, 4.69) is 0 Å². The molecule has 0 aromatic rings. The van der Waals surface area contributed by atoms with E-state index in [-0.39, 0.29) is 12.7 Å². The molecule has 1 rings (SSSR count). The van der Waals surface area contributed by atoms with Gasteiger partial charge in [0.2, 0.25) is 0 Å². The van der Waals surface area contributed by atoms with Crippen molar-refractivity contribution in [3.05, 3.63) is 12.2 Å². The monoisotopic (exact) mass is 272 g/mol. The number of esters is 2. The summed E-state index contributed by atoms with van der Waals surface area (Å²) in [6.45, 7) is 6.40. The molecule has 0 fully saturated rings. The minimum absolute atomic E-state index is 0.00528. The molecule has 108 valence electrons. The fourth-order valence-corrected chi connectivity index (χ4v) is 1.61. The highest BCUT2D eigenvalue weighted by Crippen LogP contribution is 2.18. The van der Waals surface area contributed by atoms with Crippen LogP contribution in [0.3, 0.4) is 0 Å². The summed E-state index contributed by atoms with van der Waals surface area (Å²) < 4.78 is 21.1. The summed E-state index contributed by atoms with van der Waals surface area (Å²) in [5.41, 5.74) is 0. The normalized spacial score (nSPS) is 26.3. The van der Waals surface area contributed by atoms with Gasteiger partial charge in [-0.15, -0.1) is 0 Å². The predicted molar refractivity (Wildman–Crippen MR) is 66.2 cm³/mol. The lowest BCUT2D eigenvalue weighted by molar-refractivity contribution is -0.205. The van der Waals surface area contributed by atoms with Crippen LogP contribution in [-0.4, -0.2) is 43.1 Å². The van der Waals surface area contributed by atoms with Crippen LogP contribution < -0.4 is 0 Å². The number of carbonyl (C=O) groups is 2. The van der Waals surface area contributed by atoms with E-state index in [9.17, 15) is 9.59 Å². The number of hydrogen-bond donors (Lipinski definition) is 0. The Morgan fingerprint density at radius 1 is 1.21 bits per heavy atom. The fraction of sp³-hybridized carbons (Fsp3) is 0.692. The van der Waals surface area contributed by atoms with Crippen LogP contribution in [-0.2, 0) is 28.5 Å². The molecule has 0 spiro atoms. The molecule has 1 aliphatic rings. The summed E-state index contributed by atoms with van der Waals surface area (Å²) in [4.78, 5) is 21.8. The minimum Gasteiger partial charge on any atom is -0.463 e. The fourth-order valence-electron chi connectivity index (χ4n) is 1.61. The third-order valence-electron chi connectivity index (χ3n) is 2.29. The first-order valence-electron chi connectivity index (χ1n) is 6.18. The molecule has 0 aromatic carbocycles. The molecule has 1 heterocycles. The Labute approximate surface area is 112 Å². The van der Waals surface area contributed by atoms with Gasteiger partial charge in [-0.3, -0.25) is 9.59 Å². The summed E-state index contributed by atoms with van der Waals surface area (Å²) in [5, 5.41) is 0. The highest BCUT2D eigenvalue weighted by atomic mass is 16.7. The van der Waals surface area contributed by atoms with Gasteiger partial charge in [0.25, 0.3) is 0 Å². The van der Waals surface area contributed by atoms with Crippen LogP contribution in [0, 0.1) is 0 Å². The van der Waals surface area contributed by atoms with E-state index in [1.807, 2.05) is 13.8 Å². The third kappa shape index (κ3) is 5.85. The lowest BCUT2D eigenvalue weighted by Gasteiger charge is -2.31. The Balaban J connectivity index is 2.65. The molecule has 0 amide bonds. The van der Waals surface area contributed by atoms with Crippen LogP contribution in [0.15, 0.2) is 12.2 Å². The number of carbonyl (C=O) groups excluding carboxylic acids is 2. The summed E-state index contributed by atoms with van der Waals surface area (Å²) in [6.07, 6.45) is 1.68. The summed E-state index contributed by atoms with van der Waals surface area (Å²) in [7, 11) is 0. The molecule has 6 heteroatoms. The number of ether oxygens (including phenoxy) is 4. The molecular formula is C13H20O6. The van der Waals surface area contributed by atoms with Crippen LogP contribution in [0.4, 0.5) is 0 Å². The van der Waals surface area contributed by atoms with E-state index in [1.165, 1.54) is 13.8 Å². The van der Waals surface area contributed by atoms with Gasteiger partial charge >= 0.3 is 11.9 Å². The molecule has 0 N–H and O–H groups in total. The quantitative estimate of drug-likeness (QED) is 0.553. The molecule has 3 atom stereocenters. The highest BCUT2D eigenvalue weighted by molar-refractivity contribution is 5.66. The topological polar surface area (TPSA) is 71.1 Å². The maximum absolute atomic E-state index is 11.0. The average Bonchev–Trinajstić information content (AvgIpc) is 2.27. The molecule has 0 radical (unpaired) electrons. The van der Waals surface area contributed by atoms with Gasteiger partial charge in [0.1, 0.15) is 18.8 Å². The van der Waals surface area contributed by atoms with Crippen molar-refractivity contribution in [1.29, 1.82) is 0 Å². The summed E-state index contributed by atoms with van der Waals surface area (Å²) >= 11 is 0. The maximum atomic E-state index is 11.0. The minimum atomic E-state index is -0.580. The van der Waals surface area contributed by atoms with Crippen molar-refractivity contribution in [2.45, 2.75) is 52.3 Å². The van der Waals surface area contributed by atoms with Gasteiger partial charge in [-0.1, -0.05) is 0 Å². The van der Waals surface area contributed by atoms with Crippen molar-refractivity contribution < 1.29 is 28.5 Å². The molecule has 0 unspecified atom stereocenters. The average molecular weight is 272 g/mol. The van der Waals surface area contributed by atoms with E-state index in [0.29, 0.717) is 0 Å². The van der Waals surface area contributed by atoms with Crippen LogP contribution >= 0.6 is 0 Å². The van der Waals surface area contributed by atoms with E-state index in [0.717, 1.165) is 0 Å². The van der Waals surface area contributed by atoms with Gasteiger partial charge in [0, 0.05) is 13.8 Å². The zero-order chi connectivity index (χ0) is 14.4. The third-order valence-corrected chi connectivity index (χ3v) is 2.29. The second-order valence-corrected chi connectivity index (χ2v) is 4.49. The lowest BCUT2D eigenvalue weighted by Crippen LogP contribution is -2.42. The number of rotatable bonds is 5. The molecule has 0 aromatic heterocycles. The first-order valence-corrected chi connectivity index (χ1v) is 6.18. The lowest BCUT2D eigenvalue weighted by atomic mass is 10.1. The standard InChI is InChI=1S/C13H20O6/c1-8(2)17-13-6-5-11(18-10(4)15)12(19-13)7-16-9(3)14/h5-6,8,11-13H,7H2,1-4H3/t11-,12+,13-/m0/s1. The molecule has 6 nitrogen and oxygen atoms in total. The Morgan fingerprint density at radius 3 is 2.42 bits per heavy atom. The van der Waals surface area contributed by atoms with E-state index >= 15 is 0 Å². The largest absolute Gasteiger partial charge is 0.463 e. The van der Waals surface area contributed by atoms with Crippen LogP contribution in [0.2, 0.25) is 0 Å². The second-order valence-electron chi connectivity index (χ2n) is 4.49. The zero-order valence-electron chi connectivity index (χ0n) is 11.6. The molecular weight excluding hydrogens is 252 g/mol. The molecule has 19 heavy (non-hydrogen) atoms. The SMILES string of the molecule is CC(=O)OC[C@H]1O[C@H](OC(C)C)C=C[C@@H]1OC(C)=O. The molecule has 0 aliphatic carbocycles. The Kier molecular flexibility index (Phi) is 5.98. The van der Waals surface area contributed by atoms with Gasteiger partial charge in [0.15, 0.2) is 6.29 Å². The van der Waals surface area contributed by atoms with Crippen molar-refractivity contribution in [3.8, 4) is 0 Å². The van der Waals surface area contributed by atoms with Gasteiger partial charge in [-0.25, -0.2) is 0 Å². The highest BCUT2D eigenvalue weighted by Gasteiger charge is 2.31. The van der Waals surface area contributed by atoms with E-state index in [4.69, 9.17) is 18.9 Å².